The van der Waals surface area contributed by atoms with E-state index in [9.17, 15) is 9.59 Å². The highest BCUT2D eigenvalue weighted by atomic mass is 16.5. The molecule has 0 spiro atoms. The summed E-state index contributed by atoms with van der Waals surface area (Å²) in [5.41, 5.74) is 1.25. The summed E-state index contributed by atoms with van der Waals surface area (Å²) in [7, 11) is 0. The average molecular weight is 248 g/mol. The van der Waals surface area contributed by atoms with Crippen molar-refractivity contribution in [3.05, 3.63) is 18.2 Å². The minimum Gasteiger partial charge on any atom is -0.479 e. The number of fused-ring (bicyclic) bond motifs is 1. The average Bonchev–Trinajstić information content (AvgIpc) is 2.31. The molecule has 18 heavy (non-hydrogen) atoms. The van der Waals surface area contributed by atoms with E-state index in [0.29, 0.717) is 23.5 Å². The molecule has 5 nitrogen and oxygen atoms in total. The van der Waals surface area contributed by atoms with Gasteiger partial charge in [-0.2, -0.15) is 0 Å². The van der Waals surface area contributed by atoms with Crippen LogP contribution in [0.3, 0.4) is 0 Å². The van der Waals surface area contributed by atoms with Crippen LogP contribution in [0.2, 0.25) is 0 Å². The van der Waals surface area contributed by atoms with Crippen molar-refractivity contribution in [3.8, 4) is 5.75 Å². The first kappa shape index (κ1) is 12.4. The third kappa shape index (κ3) is 2.61. The molecule has 1 aliphatic rings. The van der Waals surface area contributed by atoms with Gasteiger partial charge in [0.2, 0.25) is 5.91 Å². The van der Waals surface area contributed by atoms with Crippen molar-refractivity contribution in [2.75, 3.05) is 10.6 Å². The molecule has 1 atom stereocenters. The maximum atomic E-state index is 11.5. The lowest BCUT2D eigenvalue weighted by molar-refractivity contribution is -0.122. The van der Waals surface area contributed by atoms with E-state index in [2.05, 4.69) is 10.6 Å². The van der Waals surface area contributed by atoms with Crippen LogP contribution in [0.4, 0.5) is 11.4 Å². The van der Waals surface area contributed by atoms with E-state index in [4.69, 9.17) is 4.74 Å². The molecule has 1 heterocycles. The van der Waals surface area contributed by atoms with Gasteiger partial charge in [-0.3, -0.25) is 9.59 Å². The first-order valence-corrected chi connectivity index (χ1v) is 6.01. The van der Waals surface area contributed by atoms with Crippen LogP contribution < -0.4 is 15.4 Å². The SMILES string of the molecule is CCCC(=O)Nc1ccc2c(c1)NC(=O)[C@H](C)O2. The number of anilines is 2. The number of ether oxygens (including phenoxy) is 1. The highest BCUT2D eigenvalue weighted by Crippen LogP contribution is 2.32. The van der Waals surface area contributed by atoms with Crippen LogP contribution in [-0.2, 0) is 9.59 Å². The lowest BCUT2D eigenvalue weighted by Gasteiger charge is -2.23. The topological polar surface area (TPSA) is 67.4 Å². The van der Waals surface area contributed by atoms with Gasteiger partial charge < -0.3 is 15.4 Å². The summed E-state index contributed by atoms with van der Waals surface area (Å²) in [4.78, 5) is 22.9. The zero-order valence-corrected chi connectivity index (χ0v) is 10.4. The number of carbonyl (C=O) groups excluding carboxylic acids is 2. The van der Waals surface area contributed by atoms with Crippen molar-refractivity contribution in [1.29, 1.82) is 0 Å². The predicted octanol–water partition coefficient (Wildman–Crippen LogP) is 2.14. The van der Waals surface area contributed by atoms with Crippen molar-refractivity contribution in [2.45, 2.75) is 32.8 Å². The van der Waals surface area contributed by atoms with Gasteiger partial charge in [0.15, 0.2) is 6.10 Å². The number of amides is 2. The van der Waals surface area contributed by atoms with Gasteiger partial charge in [0, 0.05) is 12.1 Å². The zero-order chi connectivity index (χ0) is 13.1. The second-order valence-electron chi connectivity index (χ2n) is 4.26. The van der Waals surface area contributed by atoms with Crippen LogP contribution in [0, 0.1) is 0 Å². The molecule has 0 radical (unpaired) electrons. The Hall–Kier alpha value is -2.04. The van der Waals surface area contributed by atoms with Crippen LogP contribution >= 0.6 is 0 Å². The summed E-state index contributed by atoms with van der Waals surface area (Å²) < 4.78 is 5.43. The number of nitrogens with one attached hydrogen (secondary N) is 2. The normalized spacial score (nSPS) is 17.4. The largest absolute Gasteiger partial charge is 0.479 e. The molecular weight excluding hydrogens is 232 g/mol. The number of hydrogen-bond donors (Lipinski definition) is 2. The first-order valence-electron chi connectivity index (χ1n) is 6.01. The zero-order valence-electron chi connectivity index (χ0n) is 10.4. The minimum atomic E-state index is -0.488. The maximum Gasteiger partial charge on any atom is 0.265 e. The van der Waals surface area contributed by atoms with Crippen LogP contribution in [0.1, 0.15) is 26.7 Å². The smallest absolute Gasteiger partial charge is 0.265 e. The molecule has 0 unspecified atom stereocenters. The fourth-order valence-corrected chi connectivity index (χ4v) is 1.74. The van der Waals surface area contributed by atoms with Gasteiger partial charge >= 0.3 is 0 Å². The molecule has 1 aromatic rings. The molecule has 1 aliphatic heterocycles. The van der Waals surface area contributed by atoms with E-state index in [1.807, 2.05) is 6.92 Å². The third-order valence-electron chi connectivity index (χ3n) is 2.67. The highest BCUT2D eigenvalue weighted by Gasteiger charge is 2.23. The molecule has 0 bridgehead atoms. The molecule has 5 heteroatoms. The number of benzene rings is 1. The standard InChI is InChI=1S/C13H16N2O3/c1-3-4-12(16)14-9-5-6-11-10(7-9)15-13(17)8(2)18-11/h5-8H,3-4H2,1-2H3,(H,14,16)(H,15,17)/t8-/m0/s1. The molecule has 2 rings (SSSR count). The molecular formula is C13H16N2O3. The van der Waals surface area contributed by atoms with Crippen LogP contribution in [0.25, 0.3) is 0 Å². The van der Waals surface area contributed by atoms with Gasteiger partial charge in [-0.25, -0.2) is 0 Å². The fourth-order valence-electron chi connectivity index (χ4n) is 1.74. The van der Waals surface area contributed by atoms with Gasteiger partial charge in [-0.05, 0) is 31.5 Å². The van der Waals surface area contributed by atoms with E-state index in [1.54, 1.807) is 25.1 Å². The summed E-state index contributed by atoms with van der Waals surface area (Å²) in [5.74, 6) is 0.406. The Kier molecular flexibility index (Phi) is 3.50. The lowest BCUT2D eigenvalue weighted by Crippen LogP contribution is -2.34. The lowest BCUT2D eigenvalue weighted by atomic mass is 10.2. The Morgan fingerprint density at radius 1 is 1.50 bits per heavy atom. The summed E-state index contributed by atoms with van der Waals surface area (Å²) in [6, 6.07) is 5.20. The Balaban J connectivity index is 2.15. The molecule has 0 aliphatic carbocycles. The molecule has 0 saturated carbocycles. The van der Waals surface area contributed by atoms with Gasteiger partial charge in [-0.1, -0.05) is 6.92 Å². The maximum absolute atomic E-state index is 11.5. The van der Waals surface area contributed by atoms with Crippen molar-refractivity contribution in [1.82, 2.24) is 0 Å². The summed E-state index contributed by atoms with van der Waals surface area (Å²) in [6.07, 6.45) is 0.795. The number of rotatable bonds is 3. The summed E-state index contributed by atoms with van der Waals surface area (Å²) in [5, 5.41) is 5.51. The van der Waals surface area contributed by atoms with Crippen molar-refractivity contribution >= 4 is 23.2 Å². The van der Waals surface area contributed by atoms with Crippen molar-refractivity contribution in [3.63, 3.8) is 0 Å². The summed E-state index contributed by atoms with van der Waals surface area (Å²) in [6.45, 7) is 3.64. The molecule has 2 amide bonds. The first-order chi connectivity index (χ1) is 8.60. The molecule has 96 valence electrons. The summed E-state index contributed by atoms with van der Waals surface area (Å²) >= 11 is 0. The van der Waals surface area contributed by atoms with E-state index in [1.165, 1.54) is 0 Å². The number of hydrogen-bond acceptors (Lipinski definition) is 3. The Morgan fingerprint density at radius 3 is 3.00 bits per heavy atom. The third-order valence-corrected chi connectivity index (χ3v) is 2.67. The van der Waals surface area contributed by atoms with E-state index in [0.717, 1.165) is 6.42 Å². The molecule has 1 aromatic carbocycles. The van der Waals surface area contributed by atoms with E-state index in [-0.39, 0.29) is 11.8 Å². The quantitative estimate of drug-likeness (QED) is 0.861. The highest BCUT2D eigenvalue weighted by molar-refractivity contribution is 5.99. The second-order valence-corrected chi connectivity index (χ2v) is 4.26. The fraction of sp³-hybridized carbons (Fsp3) is 0.385. The van der Waals surface area contributed by atoms with Gasteiger partial charge in [0.05, 0.1) is 5.69 Å². The van der Waals surface area contributed by atoms with Crippen molar-refractivity contribution < 1.29 is 14.3 Å². The monoisotopic (exact) mass is 248 g/mol. The van der Waals surface area contributed by atoms with E-state index >= 15 is 0 Å². The Morgan fingerprint density at radius 2 is 2.28 bits per heavy atom. The van der Waals surface area contributed by atoms with Crippen molar-refractivity contribution in [2.24, 2.45) is 0 Å². The molecule has 0 fully saturated rings. The van der Waals surface area contributed by atoms with Crippen LogP contribution in [-0.4, -0.2) is 17.9 Å². The predicted molar refractivity (Wildman–Crippen MR) is 68.7 cm³/mol. The van der Waals surface area contributed by atoms with Crippen LogP contribution in [0.5, 0.6) is 5.75 Å². The molecule has 0 saturated heterocycles. The minimum absolute atomic E-state index is 0.0335. The molecule has 0 aromatic heterocycles. The van der Waals surface area contributed by atoms with Gasteiger partial charge in [0.25, 0.3) is 5.91 Å². The Bertz CT molecular complexity index is 485. The molecule has 2 N–H and O–H groups in total. The van der Waals surface area contributed by atoms with Gasteiger partial charge in [0.1, 0.15) is 5.75 Å². The van der Waals surface area contributed by atoms with Crippen LogP contribution in [0.15, 0.2) is 18.2 Å². The van der Waals surface area contributed by atoms with Gasteiger partial charge in [-0.15, -0.1) is 0 Å². The second kappa shape index (κ2) is 5.08. The Labute approximate surface area is 106 Å². The number of carbonyl (C=O) groups is 2. The van der Waals surface area contributed by atoms with E-state index < -0.39 is 6.10 Å².